The second-order valence-electron chi connectivity index (χ2n) is 3.92. The summed E-state index contributed by atoms with van der Waals surface area (Å²) in [6.07, 6.45) is 1.25. The lowest BCUT2D eigenvalue weighted by Gasteiger charge is -2.06. The predicted molar refractivity (Wildman–Crippen MR) is 67.4 cm³/mol. The number of hydrogen-bond donors (Lipinski definition) is 0. The van der Waals surface area contributed by atoms with Gasteiger partial charge in [0.25, 0.3) is 0 Å². The molecule has 0 saturated carbocycles. The number of methoxy groups -OCH3 is 1. The zero-order chi connectivity index (χ0) is 15.4. The van der Waals surface area contributed by atoms with Crippen LogP contribution in [0.1, 0.15) is 16.1 Å². The van der Waals surface area contributed by atoms with Gasteiger partial charge in [0.15, 0.2) is 5.75 Å². The lowest BCUT2D eigenvalue weighted by molar-refractivity contribution is -0.386. The SMILES string of the molecule is COC(=O)c1occc1COc1cc(F)ccc1[N+](=O)[O-]. The summed E-state index contributed by atoms with van der Waals surface area (Å²) < 4.78 is 27.8. The summed E-state index contributed by atoms with van der Waals surface area (Å²) in [6, 6.07) is 4.32. The van der Waals surface area contributed by atoms with E-state index in [1.54, 1.807) is 0 Å². The number of carbonyl (C=O) groups is 1. The van der Waals surface area contributed by atoms with Gasteiger partial charge >= 0.3 is 11.7 Å². The molecule has 2 aromatic rings. The summed E-state index contributed by atoms with van der Waals surface area (Å²) in [5.41, 5.74) is -0.0417. The molecule has 0 radical (unpaired) electrons. The van der Waals surface area contributed by atoms with Crippen LogP contribution in [0.3, 0.4) is 0 Å². The monoisotopic (exact) mass is 295 g/mol. The Bertz CT molecular complexity index is 681. The van der Waals surface area contributed by atoms with Crippen LogP contribution in [0.15, 0.2) is 34.9 Å². The lowest BCUT2D eigenvalue weighted by Crippen LogP contribution is -2.06. The Hall–Kier alpha value is -2.90. The van der Waals surface area contributed by atoms with E-state index >= 15 is 0 Å². The van der Waals surface area contributed by atoms with Gasteiger partial charge in [0.2, 0.25) is 5.76 Å². The van der Waals surface area contributed by atoms with Gasteiger partial charge in [0.05, 0.1) is 18.3 Å². The van der Waals surface area contributed by atoms with Crippen molar-refractivity contribution in [3.8, 4) is 5.75 Å². The molecule has 0 atom stereocenters. The molecular formula is C13H10FNO6. The maximum absolute atomic E-state index is 13.1. The number of ether oxygens (including phenoxy) is 2. The van der Waals surface area contributed by atoms with E-state index in [0.717, 1.165) is 18.2 Å². The zero-order valence-electron chi connectivity index (χ0n) is 10.9. The molecule has 0 bridgehead atoms. The topological polar surface area (TPSA) is 91.8 Å². The zero-order valence-corrected chi connectivity index (χ0v) is 10.9. The second kappa shape index (κ2) is 6.04. The molecule has 7 nitrogen and oxygen atoms in total. The maximum atomic E-state index is 13.1. The largest absolute Gasteiger partial charge is 0.482 e. The highest BCUT2D eigenvalue weighted by molar-refractivity contribution is 5.87. The third-order valence-electron chi connectivity index (χ3n) is 2.62. The molecule has 0 aliphatic carbocycles. The first-order chi connectivity index (χ1) is 10.0. The normalized spacial score (nSPS) is 10.2. The van der Waals surface area contributed by atoms with Crippen LogP contribution in [0.4, 0.5) is 10.1 Å². The molecule has 0 N–H and O–H groups in total. The number of furan rings is 1. The third kappa shape index (κ3) is 3.16. The molecule has 8 heteroatoms. The van der Waals surface area contributed by atoms with Gasteiger partial charge < -0.3 is 13.9 Å². The average Bonchev–Trinajstić information content (AvgIpc) is 2.92. The van der Waals surface area contributed by atoms with Crippen LogP contribution in [0, 0.1) is 15.9 Å². The quantitative estimate of drug-likeness (QED) is 0.478. The fraction of sp³-hybridized carbons (Fsp3) is 0.154. The minimum Gasteiger partial charge on any atom is -0.482 e. The maximum Gasteiger partial charge on any atom is 0.374 e. The summed E-state index contributed by atoms with van der Waals surface area (Å²) in [4.78, 5) is 21.5. The van der Waals surface area contributed by atoms with Gasteiger partial charge in [0.1, 0.15) is 12.4 Å². The number of rotatable bonds is 5. The van der Waals surface area contributed by atoms with E-state index in [2.05, 4.69) is 4.74 Å². The summed E-state index contributed by atoms with van der Waals surface area (Å²) in [6.45, 7) is -0.203. The van der Waals surface area contributed by atoms with Crippen molar-refractivity contribution in [2.24, 2.45) is 0 Å². The summed E-state index contributed by atoms with van der Waals surface area (Å²) in [5, 5.41) is 10.8. The number of nitro groups is 1. The Morgan fingerprint density at radius 1 is 1.43 bits per heavy atom. The van der Waals surface area contributed by atoms with Gasteiger partial charge in [-0.05, 0) is 12.1 Å². The van der Waals surface area contributed by atoms with Crippen LogP contribution >= 0.6 is 0 Å². The predicted octanol–water partition coefficient (Wildman–Crippen LogP) is 2.69. The number of hydrogen-bond acceptors (Lipinski definition) is 6. The molecule has 21 heavy (non-hydrogen) atoms. The van der Waals surface area contributed by atoms with E-state index in [0.29, 0.717) is 5.56 Å². The van der Waals surface area contributed by atoms with Crippen LogP contribution in [-0.2, 0) is 11.3 Å². The van der Waals surface area contributed by atoms with Crippen molar-refractivity contribution in [1.29, 1.82) is 0 Å². The Morgan fingerprint density at radius 3 is 2.86 bits per heavy atom. The average molecular weight is 295 g/mol. The number of benzene rings is 1. The van der Waals surface area contributed by atoms with Crippen LogP contribution in [-0.4, -0.2) is 18.0 Å². The molecule has 1 heterocycles. The number of esters is 1. The Morgan fingerprint density at radius 2 is 2.19 bits per heavy atom. The van der Waals surface area contributed by atoms with Gasteiger partial charge in [-0.2, -0.15) is 0 Å². The lowest BCUT2D eigenvalue weighted by atomic mass is 10.2. The van der Waals surface area contributed by atoms with E-state index in [1.807, 2.05) is 0 Å². The van der Waals surface area contributed by atoms with Crippen LogP contribution in [0.2, 0.25) is 0 Å². The minimum atomic E-state index is -0.702. The van der Waals surface area contributed by atoms with Gasteiger partial charge in [-0.15, -0.1) is 0 Å². The first-order valence-corrected chi connectivity index (χ1v) is 5.74. The second-order valence-corrected chi connectivity index (χ2v) is 3.92. The van der Waals surface area contributed by atoms with Gasteiger partial charge in [0, 0.05) is 17.7 Å². The van der Waals surface area contributed by atoms with E-state index in [4.69, 9.17) is 9.15 Å². The van der Waals surface area contributed by atoms with Crippen molar-refractivity contribution in [3.05, 3.63) is 57.8 Å². The van der Waals surface area contributed by atoms with Gasteiger partial charge in [-0.25, -0.2) is 9.18 Å². The Kier molecular flexibility index (Phi) is 4.17. The first-order valence-electron chi connectivity index (χ1n) is 5.74. The Balaban J connectivity index is 2.21. The smallest absolute Gasteiger partial charge is 0.374 e. The van der Waals surface area contributed by atoms with E-state index < -0.39 is 16.7 Å². The molecule has 110 valence electrons. The fourth-order valence-corrected chi connectivity index (χ4v) is 1.63. The van der Waals surface area contributed by atoms with Crippen molar-refractivity contribution < 1.29 is 28.0 Å². The third-order valence-corrected chi connectivity index (χ3v) is 2.62. The Labute approximate surface area is 118 Å². The molecule has 2 rings (SSSR count). The molecule has 0 unspecified atom stereocenters. The molecule has 1 aromatic carbocycles. The molecule has 0 spiro atoms. The molecule has 0 amide bonds. The number of halogens is 1. The van der Waals surface area contributed by atoms with Crippen molar-refractivity contribution in [1.82, 2.24) is 0 Å². The van der Waals surface area contributed by atoms with Crippen molar-refractivity contribution in [2.75, 3.05) is 7.11 Å². The summed E-state index contributed by atoms with van der Waals surface area (Å²) in [7, 11) is 1.19. The van der Waals surface area contributed by atoms with Crippen LogP contribution < -0.4 is 4.74 Å². The van der Waals surface area contributed by atoms with E-state index in [-0.39, 0.29) is 23.8 Å². The van der Waals surface area contributed by atoms with Crippen molar-refractivity contribution in [3.63, 3.8) is 0 Å². The molecule has 1 aromatic heterocycles. The van der Waals surface area contributed by atoms with Gasteiger partial charge in [-0.3, -0.25) is 10.1 Å². The number of carbonyl (C=O) groups excluding carboxylic acids is 1. The minimum absolute atomic E-state index is 0.0726. The number of nitrogens with zero attached hydrogens (tertiary/aromatic N) is 1. The molecular weight excluding hydrogens is 285 g/mol. The van der Waals surface area contributed by atoms with E-state index in [1.165, 1.54) is 19.4 Å². The first kappa shape index (κ1) is 14.5. The highest BCUT2D eigenvalue weighted by Gasteiger charge is 2.19. The fourth-order valence-electron chi connectivity index (χ4n) is 1.63. The van der Waals surface area contributed by atoms with Crippen LogP contribution in [0.5, 0.6) is 5.75 Å². The number of nitro benzene ring substituents is 1. The standard InChI is InChI=1S/C13H10FNO6/c1-19-13(16)12-8(4-5-20-12)7-21-11-6-9(14)2-3-10(11)15(17)18/h2-6H,7H2,1H3. The van der Waals surface area contributed by atoms with E-state index in [9.17, 15) is 19.3 Å². The van der Waals surface area contributed by atoms with Gasteiger partial charge in [-0.1, -0.05) is 0 Å². The summed E-state index contributed by atoms with van der Waals surface area (Å²) >= 11 is 0. The van der Waals surface area contributed by atoms with Crippen LogP contribution in [0.25, 0.3) is 0 Å². The van der Waals surface area contributed by atoms with Crippen molar-refractivity contribution in [2.45, 2.75) is 6.61 Å². The highest BCUT2D eigenvalue weighted by atomic mass is 19.1. The van der Waals surface area contributed by atoms with Crippen molar-refractivity contribution >= 4 is 11.7 Å². The molecule has 0 aliphatic heterocycles. The highest BCUT2D eigenvalue weighted by Crippen LogP contribution is 2.28. The summed E-state index contributed by atoms with van der Waals surface area (Å²) in [5.74, 6) is -1.68. The molecule has 0 saturated heterocycles. The molecule has 0 fully saturated rings. The molecule has 0 aliphatic rings.